The van der Waals surface area contributed by atoms with Crippen LogP contribution in [-0.2, 0) is 0 Å². The Balaban J connectivity index is 2.15. The second kappa shape index (κ2) is 6.34. The number of anilines is 1. The van der Waals surface area contributed by atoms with Crippen molar-refractivity contribution in [2.45, 2.75) is 39.3 Å². The standard InChI is InChI=1S/C15H22Cl2N2/c1-4-18-15-7-8-19(11(3)10(15)2)12-5-6-13(16)14(17)9-12/h5-6,9-11,15,18H,4,7-8H2,1-3H3. The lowest BCUT2D eigenvalue weighted by Gasteiger charge is -2.44. The molecule has 3 unspecified atom stereocenters. The van der Waals surface area contributed by atoms with Crippen molar-refractivity contribution in [3.63, 3.8) is 0 Å². The topological polar surface area (TPSA) is 15.3 Å². The van der Waals surface area contributed by atoms with E-state index in [-0.39, 0.29) is 0 Å². The van der Waals surface area contributed by atoms with E-state index in [1.165, 1.54) is 12.1 Å². The fourth-order valence-electron chi connectivity index (χ4n) is 2.94. The van der Waals surface area contributed by atoms with Crippen molar-refractivity contribution in [3.05, 3.63) is 28.2 Å². The number of rotatable bonds is 3. The zero-order chi connectivity index (χ0) is 14.0. The molecule has 4 heteroatoms. The van der Waals surface area contributed by atoms with Crippen LogP contribution in [0.2, 0.25) is 10.0 Å². The number of nitrogens with one attached hydrogen (secondary N) is 1. The van der Waals surface area contributed by atoms with Gasteiger partial charge in [0, 0.05) is 24.3 Å². The summed E-state index contributed by atoms with van der Waals surface area (Å²) in [5, 5.41) is 4.83. The van der Waals surface area contributed by atoms with Crippen LogP contribution in [0.15, 0.2) is 18.2 Å². The van der Waals surface area contributed by atoms with Crippen molar-refractivity contribution >= 4 is 28.9 Å². The van der Waals surface area contributed by atoms with Crippen molar-refractivity contribution in [2.24, 2.45) is 5.92 Å². The molecule has 0 spiro atoms. The number of benzene rings is 1. The van der Waals surface area contributed by atoms with E-state index in [4.69, 9.17) is 23.2 Å². The van der Waals surface area contributed by atoms with Gasteiger partial charge in [-0.1, -0.05) is 37.0 Å². The van der Waals surface area contributed by atoms with Crippen molar-refractivity contribution < 1.29 is 0 Å². The summed E-state index contributed by atoms with van der Waals surface area (Å²) in [6.45, 7) is 8.87. The third kappa shape index (κ3) is 3.18. The van der Waals surface area contributed by atoms with Crippen LogP contribution in [0.4, 0.5) is 5.69 Å². The highest BCUT2D eigenvalue weighted by Crippen LogP contribution is 2.32. The van der Waals surface area contributed by atoms with E-state index in [1.807, 2.05) is 12.1 Å². The molecule has 0 aromatic heterocycles. The minimum absolute atomic E-state index is 0.495. The van der Waals surface area contributed by atoms with Gasteiger partial charge in [0.05, 0.1) is 10.0 Å². The Kier molecular flexibility index (Phi) is 4.99. The molecule has 19 heavy (non-hydrogen) atoms. The molecule has 1 aliphatic heterocycles. The Bertz CT molecular complexity index is 436. The van der Waals surface area contributed by atoms with Gasteiger partial charge >= 0.3 is 0 Å². The van der Waals surface area contributed by atoms with E-state index in [9.17, 15) is 0 Å². The average molecular weight is 301 g/mol. The van der Waals surface area contributed by atoms with Gasteiger partial charge in [-0.15, -0.1) is 0 Å². The van der Waals surface area contributed by atoms with Crippen LogP contribution in [0.25, 0.3) is 0 Å². The predicted molar refractivity (Wildman–Crippen MR) is 84.5 cm³/mol. The predicted octanol–water partition coefficient (Wildman–Crippen LogP) is 4.21. The summed E-state index contributed by atoms with van der Waals surface area (Å²) in [7, 11) is 0. The summed E-state index contributed by atoms with van der Waals surface area (Å²) in [6.07, 6.45) is 1.17. The van der Waals surface area contributed by atoms with Crippen molar-refractivity contribution in [2.75, 3.05) is 18.0 Å². The van der Waals surface area contributed by atoms with E-state index in [1.54, 1.807) is 0 Å². The molecule has 2 nitrogen and oxygen atoms in total. The summed E-state index contributed by atoms with van der Waals surface area (Å²) in [5.41, 5.74) is 1.17. The highest BCUT2D eigenvalue weighted by Gasteiger charge is 2.32. The number of halogens is 2. The molecule has 1 saturated heterocycles. The molecule has 3 atom stereocenters. The highest BCUT2D eigenvalue weighted by atomic mass is 35.5. The first kappa shape index (κ1) is 15.0. The van der Waals surface area contributed by atoms with E-state index < -0.39 is 0 Å². The van der Waals surface area contributed by atoms with E-state index in [0.717, 1.165) is 13.1 Å². The molecule has 1 fully saturated rings. The van der Waals surface area contributed by atoms with Crippen LogP contribution in [0.3, 0.4) is 0 Å². The number of hydrogen-bond donors (Lipinski definition) is 1. The Morgan fingerprint density at radius 2 is 2.00 bits per heavy atom. The zero-order valence-corrected chi connectivity index (χ0v) is 13.3. The van der Waals surface area contributed by atoms with Gasteiger partial charge < -0.3 is 10.2 Å². The zero-order valence-electron chi connectivity index (χ0n) is 11.8. The lowest BCUT2D eigenvalue weighted by molar-refractivity contribution is 0.274. The van der Waals surface area contributed by atoms with Crippen LogP contribution >= 0.6 is 23.2 Å². The number of piperidine rings is 1. The number of hydrogen-bond acceptors (Lipinski definition) is 2. The van der Waals surface area contributed by atoms with Gasteiger partial charge in [0.1, 0.15) is 0 Å². The van der Waals surface area contributed by atoms with Gasteiger partial charge in [-0.2, -0.15) is 0 Å². The van der Waals surface area contributed by atoms with Gasteiger partial charge in [0.15, 0.2) is 0 Å². The SMILES string of the molecule is CCNC1CCN(c2ccc(Cl)c(Cl)c2)C(C)C1C. The molecule has 0 aliphatic carbocycles. The Morgan fingerprint density at radius 1 is 1.26 bits per heavy atom. The first-order valence-corrected chi connectivity index (χ1v) is 7.75. The van der Waals surface area contributed by atoms with Gasteiger partial charge in [0.25, 0.3) is 0 Å². The molecular formula is C15H22Cl2N2. The fraction of sp³-hybridized carbons (Fsp3) is 0.600. The lowest BCUT2D eigenvalue weighted by atomic mass is 9.86. The quantitative estimate of drug-likeness (QED) is 0.900. The first-order chi connectivity index (χ1) is 9.04. The molecule has 1 aliphatic rings. The van der Waals surface area contributed by atoms with Gasteiger partial charge in [-0.25, -0.2) is 0 Å². The van der Waals surface area contributed by atoms with Gasteiger partial charge in [-0.3, -0.25) is 0 Å². The van der Waals surface area contributed by atoms with E-state index in [2.05, 4.69) is 37.1 Å². The Morgan fingerprint density at radius 3 is 2.63 bits per heavy atom. The second-order valence-electron chi connectivity index (χ2n) is 5.34. The molecule has 0 bridgehead atoms. The summed E-state index contributed by atoms with van der Waals surface area (Å²) in [5.74, 6) is 0.614. The van der Waals surface area contributed by atoms with Gasteiger partial charge in [0.2, 0.25) is 0 Å². The summed E-state index contributed by atoms with van der Waals surface area (Å²) >= 11 is 12.1. The molecule has 1 heterocycles. The van der Waals surface area contributed by atoms with E-state index >= 15 is 0 Å². The minimum atomic E-state index is 0.495. The monoisotopic (exact) mass is 300 g/mol. The molecule has 1 aromatic rings. The number of nitrogens with zero attached hydrogens (tertiary/aromatic N) is 1. The van der Waals surface area contributed by atoms with Crippen LogP contribution in [0.1, 0.15) is 27.2 Å². The second-order valence-corrected chi connectivity index (χ2v) is 6.16. The van der Waals surface area contributed by atoms with E-state index in [0.29, 0.717) is 28.0 Å². The molecular weight excluding hydrogens is 279 g/mol. The maximum atomic E-state index is 6.12. The lowest BCUT2D eigenvalue weighted by Crippen LogP contribution is -2.53. The molecule has 1 N–H and O–H groups in total. The normalized spacial score (nSPS) is 27.6. The first-order valence-electron chi connectivity index (χ1n) is 6.99. The average Bonchev–Trinajstić information content (AvgIpc) is 2.39. The minimum Gasteiger partial charge on any atom is -0.368 e. The summed E-state index contributed by atoms with van der Waals surface area (Å²) < 4.78 is 0. The van der Waals surface area contributed by atoms with Crippen molar-refractivity contribution in [1.82, 2.24) is 5.32 Å². The van der Waals surface area contributed by atoms with Crippen molar-refractivity contribution in [3.8, 4) is 0 Å². The molecule has 0 radical (unpaired) electrons. The highest BCUT2D eigenvalue weighted by molar-refractivity contribution is 6.42. The third-order valence-corrected chi connectivity index (χ3v) is 5.01. The smallest absolute Gasteiger partial charge is 0.0612 e. The van der Waals surface area contributed by atoms with Gasteiger partial charge in [-0.05, 0) is 44.0 Å². The Hall–Kier alpha value is -0.440. The fourth-order valence-corrected chi connectivity index (χ4v) is 3.24. The molecule has 106 valence electrons. The summed E-state index contributed by atoms with van der Waals surface area (Å²) in [4.78, 5) is 2.43. The molecule has 0 amide bonds. The third-order valence-electron chi connectivity index (χ3n) is 4.27. The maximum Gasteiger partial charge on any atom is 0.0612 e. The van der Waals surface area contributed by atoms with Crippen LogP contribution < -0.4 is 10.2 Å². The van der Waals surface area contributed by atoms with Crippen molar-refractivity contribution in [1.29, 1.82) is 0 Å². The molecule has 1 aromatic carbocycles. The Labute approximate surface area is 126 Å². The van der Waals surface area contributed by atoms with Crippen LogP contribution in [0.5, 0.6) is 0 Å². The summed E-state index contributed by atoms with van der Waals surface area (Å²) in [6, 6.07) is 7.02. The molecule has 0 saturated carbocycles. The molecule has 2 rings (SSSR count). The maximum absolute atomic E-state index is 6.12. The largest absolute Gasteiger partial charge is 0.368 e. The van der Waals surface area contributed by atoms with Crippen LogP contribution in [-0.4, -0.2) is 25.2 Å². The van der Waals surface area contributed by atoms with Crippen LogP contribution in [0, 0.1) is 5.92 Å².